The first-order chi connectivity index (χ1) is 10.2. The Balaban J connectivity index is 1.86. The van der Waals surface area contributed by atoms with Crippen LogP contribution in [0.2, 0.25) is 0 Å². The van der Waals surface area contributed by atoms with Crippen LogP contribution in [0.3, 0.4) is 0 Å². The molecule has 1 N–H and O–H groups in total. The number of aryl methyl sites for hydroxylation is 3. The van der Waals surface area contributed by atoms with E-state index in [0.29, 0.717) is 6.54 Å². The van der Waals surface area contributed by atoms with Gasteiger partial charge in [-0.3, -0.25) is 4.68 Å². The maximum atomic E-state index is 4.65. The van der Waals surface area contributed by atoms with Crippen molar-refractivity contribution >= 4 is 16.9 Å². The van der Waals surface area contributed by atoms with Crippen molar-refractivity contribution in [3.63, 3.8) is 0 Å². The number of rotatable bonds is 4. The summed E-state index contributed by atoms with van der Waals surface area (Å²) in [6.45, 7) is 4.81. The van der Waals surface area contributed by atoms with E-state index in [-0.39, 0.29) is 0 Å². The van der Waals surface area contributed by atoms with Crippen molar-refractivity contribution in [1.82, 2.24) is 19.7 Å². The molecule has 1 aromatic carbocycles. The van der Waals surface area contributed by atoms with Crippen LogP contribution in [0.1, 0.15) is 23.9 Å². The van der Waals surface area contributed by atoms with Gasteiger partial charge in [-0.05, 0) is 25.5 Å². The third-order valence-corrected chi connectivity index (χ3v) is 3.52. The molecule has 0 unspecified atom stereocenters. The fourth-order valence-electron chi connectivity index (χ4n) is 2.46. The first kappa shape index (κ1) is 13.5. The molecule has 0 bridgehead atoms. The molecule has 3 aromatic rings. The lowest BCUT2D eigenvalue weighted by Gasteiger charge is -2.09. The van der Waals surface area contributed by atoms with Crippen LogP contribution < -0.4 is 5.32 Å². The summed E-state index contributed by atoms with van der Waals surface area (Å²) in [5.41, 5.74) is 5.07. The zero-order valence-electron chi connectivity index (χ0n) is 12.6. The van der Waals surface area contributed by atoms with E-state index in [2.05, 4.69) is 33.5 Å². The molecule has 0 amide bonds. The van der Waals surface area contributed by atoms with Gasteiger partial charge < -0.3 is 5.32 Å². The quantitative estimate of drug-likeness (QED) is 0.799. The third kappa shape index (κ3) is 2.72. The Morgan fingerprint density at radius 2 is 1.86 bits per heavy atom. The Bertz CT molecular complexity index is 775. The Morgan fingerprint density at radius 3 is 2.57 bits per heavy atom. The zero-order chi connectivity index (χ0) is 14.8. The van der Waals surface area contributed by atoms with E-state index in [1.54, 1.807) is 0 Å². The van der Waals surface area contributed by atoms with Crippen LogP contribution in [0.4, 0.5) is 5.82 Å². The van der Waals surface area contributed by atoms with Gasteiger partial charge in [0.2, 0.25) is 0 Å². The van der Waals surface area contributed by atoms with E-state index < -0.39 is 0 Å². The average molecular weight is 281 g/mol. The standard InChI is InChI=1S/C16H19N5/c1-4-13-12(10-21(3)20-13)9-17-16-11(2)18-14-7-5-6-8-15(14)19-16/h5-8,10H,4,9H2,1-3H3,(H,17,19). The second kappa shape index (κ2) is 5.52. The summed E-state index contributed by atoms with van der Waals surface area (Å²) in [6, 6.07) is 7.92. The molecule has 0 fully saturated rings. The summed E-state index contributed by atoms with van der Waals surface area (Å²) >= 11 is 0. The van der Waals surface area contributed by atoms with Gasteiger partial charge in [0.25, 0.3) is 0 Å². The van der Waals surface area contributed by atoms with Gasteiger partial charge in [0.05, 0.1) is 22.4 Å². The Labute approximate surface area is 124 Å². The van der Waals surface area contributed by atoms with Crippen LogP contribution in [0.25, 0.3) is 11.0 Å². The van der Waals surface area contributed by atoms with E-state index in [0.717, 1.165) is 34.7 Å². The van der Waals surface area contributed by atoms with Gasteiger partial charge in [0, 0.05) is 25.4 Å². The van der Waals surface area contributed by atoms with Gasteiger partial charge in [-0.1, -0.05) is 19.1 Å². The van der Waals surface area contributed by atoms with Crippen LogP contribution in [0.15, 0.2) is 30.5 Å². The number of nitrogens with zero attached hydrogens (tertiary/aromatic N) is 4. The van der Waals surface area contributed by atoms with Gasteiger partial charge >= 0.3 is 0 Å². The molecule has 0 spiro atoms. The number of para-hydroxylation sites is 2. The van der Waals surface area contributed by atoms with Gasteiger partial charge in [-0.2, -0.15) is 5.10 Å². The predicted octanol–water partition coefficient (Wildman–Crippen LogP) is 2.85. The molecule has 5 nitrogen and oxygen atoms in total. The minimum atomic E-state index is 0.713. The lowest BCUT2D eigenvalue weighted by atomic mass is 10.2. The Kier molecular flexibility index (Phi) is 3.56. The molecule has 0 saturated carbocycles. The topological polar surface area (TPSA) is 55.6 Å². The normalized spacial score (nSPS) is 11.0. The minimum Gasteiger partial charge on any atom is -0.364 e. The molecule has 108 valence electrons. The third-order valence-electron chi connectivity index (χ3n) is 3.52. The summed E-state index contributed by atoms with van der Waals surface area (Å²) in [4.78, 5) is 9.24. The number of hydrogen-bond donors (Lipinski definition) is 1. The molecule has 0 aliphatic rings. The molecule has 2 aromatic heterocycles. The summed E-state index contributed by atoms with van der Waals surface area (Å²) < 4.78 is 1.86. The predicted molar refractivity (Wildman–Crippen MR) is 84.2 cm³/mol. The maximum Gasteiger partial charge on any atom is 0.148 e. The van der Waals surface area contributed by atoms with Crippen molar-refractivity contribution in [2.24, 2.45) is 7.05 Å². The molecule has 0 aliphatic heterocycles. The fourth-order valence-corrected chi connectivity index (χ4v) is 2.46. The molecule has 0 aliphatic carbocycles. The Hall–Kier alpha value is -2.43. The SMILES string of the molecule is CCc1nn(C)cc1CNc1nc2ccccc2nc1C. The van der Waals surface area contributed by atoms with Crippen molar-refractivity contribution in [1.29, 1.82) is 0 Å². The first-order valence-electron chi connectivity index (χ1n) is 7.16. The van der Waals surface area contributed by atoms with Crippen molar-refractivity contribution in [3.8, 4) is 0 Å². The molecular formula is C16H19N5. The molecule has 5 heteroatoms. The summed E-state index contributed by atoms with van der Waals surface area (Å²) in [7, 11) is 1.95. The first-order valence-corrected chi connectivity index (χ1v) is 7.16. The average Bonchev–Trinajstić information content (AvgIpc) is 2.85. The number of fused-ring (bicyclic) bond motifs is 1. The van der Waals surface area contributed by atoms with E-state index in [9.17, 15) is 0 Å². The fraction of sp³-hybridized carbons (Fsp3) is 0.312. The molecule has 0 radical (unpaired) electrons. The van der Waals surface area contributed by atoms with E-state index in [1.807, 2.05) is 42.9 Å². The van der Waals surface area contributed by atoms with E-state index >= 15 is 0 Å². The summed E-state index contributed by atoms with van der Waals surface area (Å²) in [6.07, 6.45) is 2.98. The monoisotopic (exact) mass is 281 g/mol. The number of nitrogens with one attached hydrogen (secondary N) is 1. The zero-order valence-corrected chi connectivity index (χ0v) is 12.6. The van der Waals surface area contributed by atoms with Crippen LogP contribution in [0, 0.1) is 6.92 Å². The van der Waals surface area contributed by atoms with Gasteiger partial charge in [-0.15, -0.1) is 0 Å². The van der Waals surface area contributed by atoms with Gasteiger partial charge in [0.1, 0.15) is 5.82 Å². The highest BCUT2D eigenvalue weighted by atomic mass is 15.3. The highest BCUT2D eigenvalue weighted by molar-refractivity contribution is 5.76. The van der Waals surface area contributed by atoms with Crippen molar-refractivity contribution < 1.29 is 0 Å². The van der Waals surface area contributed by atoms with Crippen LogP contribution in [0.5, 0.6) is 0 Å². The molecule has 0 atom stereocenters. The van der Waals surface area contributed by atoms with Crippen molar-refractivity contribution in [2.45, 2.75) is 26.8 Å². The van der Waals surface area contributed by atoms with Crippen molar-refractivity contribution in [3.05, 3.63) is 47.4 Å². The lowest BCUT2D eigenvalue weighted by Crippen LogP contribution is -2.05. The highest BCUT2D eigenvalue weighted by Gasteiger charge is 2.08. The Morgan fingerprint density at radius 1 is 1.14 bits per heavy atom. The molecule has 21 heavy (non-hydrogen) atoms. The van der Waals surface area contributed by atoms with Crippen LogP contribution >= 0.6 is 0 Å². The number of hydrogen-bond acceptors (Lipinski definition) is 4. The second-order valence-electron chi connectivity index (χ2n) is 5.13. The van der Waals surface area contributed by atoms with E-state index in [4.69, 9.17) is 0 Å². The van der Waals surface area contributed by atoms with Gasteiger partial charge in [-0.25, -0.2) is 9.97 Å². The number of aromatic nitrogens is 4. The molecule has 2 heterocycles. The maximum absolute atomic E-state index is 4.65. The lowest BCUT2D eigenvalue weighted by molar-refractivity contribution is 0.746. The smallest absolute Gasteiger partial charge is 0.148 e. The van der Waals surface area contributed by atoms with Crippen molar-refractivity contribution in [2.75, 3.05) is 5.32 Å². The van der Waals surface area contributed by atoms with E-state index in [1.165, 1.54) is 5.56 Å². The summed E-state index contributed by atoms with van der Waals surface area (Å²) in [5.74, 6) is 0.833. The summed E-state index contributed by atoms with van der Waals surface area (Å²) in [5, 5.41) is 7.84. The molecule has 3 rings (SSSR count). The molecule has 0 saturated heterocycles. The van der Waals surface area contributed by atoms with Crippen LogP contribution in [-0.2, 0) is 20.0 Å². The van der Waals surface area contributed by atoms with Gasteiger partial charge in [0.15, 0.2) is 0 Å². The van der Waals surface area contributed by atoms with Crippen LogP contribution in [-0.4, -0.2) is 19.7 Å². The number of anilines is 1. The second-order valence-corrected chi connectivity index (χ2v) is 5.13. The minimum absolute atomic E-state index is 0.713. The largest absolute Gasteiger partial charge is 0.364 e. The number of benzene rings is 1. The highest BCUT2D eigenvalue weighted by Crippen LogP contribution is 2.17. The molecular weight excluding hydrogens is 262 g/mol.